The third-order valence-electron chi connectivity index (χ3n) is 3.40. The number of carbonyl (C=O) groups excluding carboxylic acids is 2. The van der Waals surface area contributed by atoms with Crippen molar-refractivity contribution in [2.24, 2.45) is 0 Å². The van der Waals surface area contributed by atoms with Gasteiger partial charge in [0, 0.05) is 6.42 Å². The van der Waals surface area contributed by atoms with Gasteiger partial charge in [-0.3, -0.25) is 9.59 Å². The summed E-state index contributed by atoms with van der Waals surface area (Å²) in [6.45, 7) is 1.38. The van der Waals surface area contributed by atoms with E-state index in [2.05, 4.69) is 0 Å². The smallest absolute Gasteiger partial charge is 0.143 e. The first-order chi connectivity index (χ1) is 10.0. The van der Waals surface area contributed by atoms with Crippen molar-refractivity contribution in [1.29, 1.82) is 0 Å². The topological polar surface area (TPSA) is 54.4 Å². The molecule has 0 bridgehead atoms. The van der Waals surface area contributed by atoms with E-state index in [1.54, 1.807) is 24.3 Å². The van der Waals surface area contributed by atoms with Crippen LogP contribution in [0.4, 0.5) is 0 Å². The second kappa shape index (κ2) is 6.46. The number of ketones is 2. The van der Waals surface area contributed by atoms with Gasteiger partial charge in [0.05, 0.1) is 6.42 Å². The van der Waals surface area contributed by atoms with Crippen LogP contribution in [0.2, 0.25) is 0 Å². The molecule has 3 heteroatoms. The molecule has 3 nitrogen and oxygen atoms in total. The molecule has 0 aliphatic heterocycles. The van der Waals surface area contributed by atoms with Gasteiger partial charge in [-0.15, -0.1) is 0 Å². The highest BCUT2D eigenvalue weighted by atomic mass is 16.3. The zero-order valence-corrected chi connectivity index (χ0v) is 12.0. The lowest BCUT2D eigenvalue weighted by Gasteiger charge is -2.28. The maximum Gasteiger partial charge on any atom is 0.143 e. The molecule has 0 saturated heterocycles. The minimum absolute atomic E-state index is 0.111. The van der Waals surface area contributed by atoms with Crippen molar-refractivity contribution < 1.29 is 14.7 Å². The summed E-state index contributed by atoms with van der Waals surface area (Å²) in [6, 6.07) is 18.1. The van der Waals surface area contributed by atoms with E-state index >= 15 is 0 Å². The van der Waals surface area contributed by atoms with Crippen LogP contribution < -0.4 is 0 Å². The SMILES string of the molecule is CC(=O)CC(=O)CC(O)(c1ccccc1)c1ccccc1. The van der Waals surface area contributed by atoms with Crippen LogP contribution in [0.5, 0.6) is 0 Å². The molecule has 2 aromatic rings. The lowest BCUT2D eigenvalue weighted by Crippen LogP contribution is -2.31. The Hall–Kier alpha value is -2.26. The van der Waals surface area contributed by atoms with Gasteiger partial charge >= 0.3 is 0 Å². The fourth-order valence-corrected chi connectivity index (χ4v) is 2.42. The van der Waals surface area contributed by atoms with Crippen molar-refractivity contribution >= 4 is 11.6 Å². The Morgan fingerprint density at radius 1 is 0.905 bits per heavy atom. The van der Waals surface area contributed by atoms with Gasteiger partial charge in [0.25, 0.3) is 0 Å². The highest BCUT2D eigenvalue weighted by Gasteiger charge is 2.34. The van der Waals surface area contributed by atoms with Crippen LogP contribution in [0, 0.1) is 0 Å². The van der Waals surface area contributed by atoms with E-state index in [9.17, 15) is 14.7 Å². The van der Waals surface area contributed by atoms with Gasteiger partial charge in [-0.25, -0.2) is 0 Å². The van der Waals surface area contributed by atoms with Crippen molar-refractivity contribution in [3.63, 3.8) is 0 Å². The number of hydrogen-bond donors (Lipinski definition) is 1. The van der Waals surface area contributed by atoms with Crippen molar-refractivity contribution in [3.05, 3.63) is 71.8 Å². The molecule has 0 spiro atoms. The van der Waals surface area contributed by atoms with Gasteiger partial charge in [-0.2, -0.15) is 0 Å². The number of rotatable bonds is 6. The quantitative estimate of drug-likeness (QED) is 0.829. The first-order valence-corrected chi connectivity index (χ1v) is 6.87. The Morgan fingerprint density at radius 2 is 1.33 bits per heavy atom. The minimum Gasteiger partial charge on any atom is -0.380 e. The molecule has 0 atom stereocenters. The fraction of sp³-hybridized carbons (Fsp3) is 0.222. The maximum atomic E-state index is 12.0. The molecular weight excluding hydrogens is 264 g/mol. The first-order valence-electron chi connectivity index (χ1n) is 6.87. The summed E-state index contributed by atoms with van der Waals surface area (Å²) in [7, 11) is 0. The summed E-state index contributed by atoms with van der Waals surface area (Å²) in [5.41, 5.74) is -0.115. The molecule has 0 aromatic heterocycles. The summed E-state index contributed by atoms with van der Waals surface area (Å²) in [4.78, 5) is 23.1. The Balaban J connectivity index is 2.40. The minimum atomic E-state index is -1.41. The van der Waals surface area contributed by atoms with Crippen molar-refractivity contribution in [3.8, 4) is 0 Å². The molecule has 1 N–H and O–H groups in total. The van der Waals surface area contributed by atoms with Crippen molar-refractivity contribution in [2.45, 2.75) is 25.4 Å². The Morgan fingerprint density at radius 3 is 1.71 bits per heavy atom. The van der Waals surface area contributed by atoms with Crippen LogP contribution in [-0.2, 0) is 15.2 Å². The van der Waals surface area contributed by atoms with Crippen LogP contribution in [0.3, 0.4) is 0 Å². The largest absolute Gasteiger partial charge is 0.380 e. The lowest BCUT2D eigenvalue weighted by molar-refractivity contribution is -0.128. The summed E-state index contributed by atoms with van der Waals surface area (Å²) in [5, 5.41) is 11.1. The second-order valence-corrected chi connectivity index (χ2v) is 5.19. The molecule has 0 saturated carbocycles. The molecule has 108 valence electrons. The van der Waals surface area contributed by atoms with Crippen LogP contribution in [-0.4, -0.2) is 16.7 Å². The van der Waals surface area contributed by atoms with Gasteiger partial charge in [-0.05, 0) is 18.1 Å². The van der Waals surface area contributed by atoms with E-state index in [1.165, 1.54) is 6.92 Å². The van der Waals surface area contributed by atoms with Gasteiger partial charge in [-0.1, -0.05) is 60.7 Å². The number of Topliss-reactive ketones (excluding diaryl/α,β-unsaturated/α-hetero) is 2. The molecule has 0 heterocycles. The molecule has 0 aliphatic rings. The summed E-state index contributed by atoms with van der Waals surface area (Å²) in [6.07, 6.45) is -0.261. The van der Waals surface area contributed by atoms with Gasteiger partial charge in [0.2, 0.25) is 0 Å². The van der Waals surface area contributed by atoms with Crippen LogP contribution in [0.1, 0.15) is 30.9 Å². The molecule has 2 aromatic carbocycles. The van der Waals surface area contributed by atoms with E-state index in [0.717, 1.165) is 0 Å². The van der Waals surface area contributed by atoms with E-state index in [0.29, 0.717) is 11.1 Å². The number of benzene rings is 2. The molecule has 0 radical (unpaired) electrons. The Labute approximate surface area is 124 Å². The summed E-state index contributed by atoms with van der Waals surface area (Å²) in [5.74, 6) is -0.457. The van der Waals surface area contributed by atoms with Gasteiger partial charge < -0.3 is 5.11 Å². The van der Waals surface area contributed by atoms with E-state index in [1.807, 2.05) is 36.4 Å². The fourth-order valence-electron chi connectivity index (χ4n) is 2.42. The number of carbonyl (C=O) groups is 2. The zero-order valence-electron chi connectivity index (χ0n) is 12.0. The standard InChI is InChI=1S/C18H18O3/c1-14(19)12-17(20)13-18(21,15-8-4-2-5-9-15)16-10-6-3-7-11-16/h2-11,21H,12-13H2,1H3. The summed E-state index contributed by atoms with van der Waals surface area (Å²) >= 11 is 0. The normalized spacial score (nSPS) is 11.1. The van der Waals surface area contributed by atoms with Gasteiger partial charge in [0.1, 0.15) is 17.2 Å². The van der Waals surface area contributed by atoms with Crippen LogP contribution >= 0.6 is 0 Å². The Kier molecular flexibility index (Phi) is 4.66. The average molecular weight is 282 g/mol. The Bertz CT molecular complexity index is 578. The monoisotopic (exact) mass is 282 g/mol. The third kappa shape index (κ3) is 3.64. The third-order valence-corrected chi connectivity index (χ3v) is 3.40. The average Bonchev–Trinajstić information content (AvgIpc) is 2.48. The molecular formula is C18H18O3. The van der Waals surface area contributed by atoms with E-state index < -0.39 is 5.60 Å². The van der Waals surface area contributed by atoms with E-state index in [4.69, 9.17) is 0 Å². The highest BCUT2D eigenvalue weighted by Crippen LogP contribution is 2.33. The summed E-state index contributed by atoms with van der Waals surface area (Å²) < 4.78 is 0. The lowest BCUT2D eigenvalue weighted by atomic mass is 9.81. The maximum absolute atomic E-state index is 12.0. The molecule has 0 unspecified atom stereocenters. The first kappa shape index (κ1) is 15.1. The zero-order chi connectivity index (χ0) is 15.3. The van der Waals surface area contributed by atoms with Crippen molar-refractivity contribution in [1.82, 2.24) is 0 Å². The molecule has 0 amide bonds. The number of hydrogen-bond acceptors (Lipinski definition) is 3. The molecule has 0 aliphatic carbocycles. The molecule has 21 heavy (non-hydrogen) atoms. The van der Waals surface area contributed by atoms with Crippen LogP contribution in [0.15, 0.2) is 60.7 Å². The van der Waals surface area contributed by atoms with E-state index in [-0.39, 0.29) is 24.4 Å². The van der Waals surface area contributed by atoms with Gasteiger partial charge in [0.15, 0.2) is 0 Å². The number of aliphatic hydroxyl groups is 1. The van der Waals surface area contributed by atoms with Crippen molar-refractivity contribution in [2.75, 3.05) is 0 Å². The molecule has 0 fully saturated rings. The molecule has 2 rings (SSSR count). The van der Waals surface area contributed by atoms with Crippen LogP contribution in [0.25, 0.3) is 0 Å². The second-order valence-electron chi connectivity index (χ2n) is 5.19. The predicted molar refractivity (Wildman–Crippen MR) is 80.8 cm³/mol. The predicted octanol–water partition coefficient (Wildman–Crippen LogP) is 2.86. The highest BCUT2D eigenvalue weighted by molar-refractivity contribution is 5.98.